The fourth-order valence-electron chi connectivity index (χ4n) is 4.28. The van der Waals surface area contributed by atoms with Crippen LogP contribution in [0.3, 0.4) is 0 Å². The molecule has 1 aliphatic heterocycles. The molecular weight excluding hydrogens is 350 g/mol. The number of piperazine rings is 1. The third-order valence-corrected chi connectivity index (χ3v) is 6.28. The Morgan fingerprint density at radius 1 is 1.00 bits per heavy atom. The maximum Gasteiger partial charge on any atom is 0.317 e. The van der Waals surface area contributed by atoms with Crippen molar-refractivity contribution in [1.29, 1.82) is 0 Å². The summed E-state index contributed by atoms with van der Waals surface area (Å²) in [6, 6.07) is 18.8. The summed E-state index contributed by atoms with van der Waals surface area (Å²) in [5.74, 6) is 0.866. The molecule has 2 aromatic rings. The fourth-order valence-corrected chi connectivity index (χ4v) is 4.28. The van der Waals surface area contributed by atoms with Gasteiger partial charge in [-0.15, -0.1) is 0 Å². The second kappa shape index (κ2) is 8.13. The molecular formula is C23H29N3O2. The van der Waals surface area contributed by atoms with E-state index in [1.807, 2.05) is 17.0 Å². The summed E-state index contributed by atoms with van der Waals surface area (Å²) in [5, 5.41) is 3.22. The quantitative estimate of drug-likeness (QED) is 0.863. The van der Waals surface area contributed by atoms with Gasteiger partial charge >= 0.3 is 6.03 Å². The molecule has 0 spiro atoms. The lowest BCUT2D eigenvalue weighted by atomic mass is 9.64. The first-order chi connectivity index (χ1) is 13.7. The Bertz CT molecular complexity index is 779. The molecule has 148 valence electrons. The minimum absolute atomic E-state index is 0.0663. The van der Waals surface area contributed by atoms with Crippen molar-refractivity contribution in [3.8, 4) is 5.75 Å². The number of urea groups is 1. The number of hydrogen-bond acceptors (Lipinski definition) is 3. The van der Waals surface area contributed by atoms with Crippen LogP contribution in [0.1, 0.15) is 24.8 Å². The molecule has 2 aliphatic rings. The average Bonchev–Trinajstić information content (AvgIpc) is 2.74. The normalized spacial score (nSPS) is 18.3. The number of carbonyl (C=O) groups excluding carboxylic acids is 1. The second-order valence-electron chi connectivity index (χ2n) is 7.83. The summed E-state index contributed by atoms with van der Waals surface area (Å²) in [6.45, 7) is 3.92. The van der Waals surface area contributed by atoms with Crippen LogP contribution in [-0.2, 0) is 5.41 Å². The monoisotopic (exact) mass is 379 g/mol. The second-order valence-corrected chi connectivity index (χ2v) is 7.83. The van der Waals surface area contributed by atoms with Gasteiger partial charge in [-0.1, -0.05) is 36.8 Å². The highest BCUT2D eigenvalue weighted by Gasteiger charge is 2.39. The van der Waals surface area contributed by atoms with Gasteiger partial charge in [0, 0.05) is 43.8 Å². The van der Waals surface area contributed by atoms with Crippen molar-refractivity contribution >= 4 is 11.7 Å². The van der Waals surface area contributed by atoms with Gasteiger partial charge in [0.15, 0.2) is 0 Å². The number of methoxy groups -OCH3 is 1. The van der Waals surface area contributed by atoms with Crippen LogP contribution in [0.2, 0.25) is 0 Å². The predicted molar refractivity (Wildman–Crippen MR) is 112 cm³/mol. The summed E-state index contributed by atoms with van der Waals surface area (Å²) in [5.41, 5.74) is 2.66. The van der Waals surface area contributed by atoms with Crippen molar-refractivity contribution in [3.05, 3.63) is 60.2 Å². The maximum atomic E-state index is 12.7. The number of hydrogen-bond donors (Lipinski definition) is 1. The zero-order valence-electron chi connectivity index (χ0n) is 16.6. The molecule has 4 rings (SSSR count). The Morgan fingerprint density at radius 2 is 1.68 bits per heavy atom. The van der Waals surface area contributed by atoms with E-state index < -0.39 is 0 Å². The summed E-state index contributed by atoms with van der Waals surface area (Å²) >= 11 is 0. The molecule has 1 aliphatic carbocycles. The summed E-state index contributed by atoms with van der Waals surface area (Å²) in [4.78, 5) is 17.0. The Labute approximate surface area is 167 Å². The molecule has 0 aromatic heterocycles. The molecule has 2 fully saturated rings. The number of anilines is 1. The van der Waals surface area contributed by atoms with Gasteiger partial charge in [-0.2, -0.15) is 0 Å². The van der Waals surface area contributed by atoms with Gasteiger partial charge in [-0.3, -0.25) is 0 Å². The number of amides is 2. The number of nitrogens with zero attached hydrogens (tertiary/aromatic N) is 2. The largest absolute Gasteiger partial charge is 0.497 e. The van der Waals surface area contributed by atoms with Crippen LogP contribution in [-0.4, -0.2) is 50.8 Å². The van der Waals surface area contributed by atoms with E-state index in [0.717, 1.165) is 51.3 Å². The molecule has 5 nitrogen and oxygen atoms in total. The van der Waals surface area contributed by atoms with Crippen molar-refractivity contribution in [2.24, 2.45) is 0 Å². The minimum Gasteiger partial charge on any atom is -0.497 e. The van der Waals surface area contributed by atoms with Crippen LogP contribution in [0.15, 0.2) is 54.6 Å². The number of carbonyl (C=O) groups is 1. The standard InChI is InChI=1S/C23H29N3O2/c1-28-21-10-8-20(9-11-21)25-14-16-26(17-15-25)22(27)24-18-23(12-5-13-23)19-6-3-2-4-7-19/h2-4,6-11H,5,12-18H2,1H3,(H,24,27). The van der Waals surface area contributed by atoms with Gasteiger partial charge in [-0.05, 0) is 42.7 Å². The molecule has 5 heteroatoms. The minimum atomic E-state index is 0.0663. The fraction of sp³-hybridized carbons (Fsp3) is 0.435. The first-order valence-corrected chi connectivity index (χ1v) is 10.2. The van der Waals surface area contributed by atoms with E-state index in [0.29, 0.717) is 0 Å². The molecule has 28 heavy (non-hydrogen) atoms. The lowest BCUT2D eigenvalue weighted by molar-refractivity contribution is 0.180. The van der Waals surface area contributed by atoms with Gasteiger partial charge < -0.3 is 19.9 Å². The summed E-state index contributed by atoms with van der Waals surface area (Å²) < 4.78 is 5.23. The number of benzene rings is 2. The van der Waals surface area contributed by atoms with Gasteiger partial charge in [0.25, 0.3) is 0 Å². The Morgan fingerprint density at radius 3 is 2.25 bits per heavy atom. The third-order valence-electron chi connectivity index (χ3n) is 6.28. The van der Waals surface area contributed by atoms with Crippen LogP contribution in [0.5, 0.6) is 5.75 Å². The van der Waals surface area contributed by atoms with Crippen LogP contribution in [0.25, 0.3) is 0 Å². The molecule has 2 aromatic carbocycles. The van der Waals surface area contributed by atoms with Crippen molar-refractivity contribution in [2.45, 2.75) is 24.7 Å². The van der Waals surface area contributed by atoms with E-state index >= 15 is 0 Å². The van der Waals surface area contributed by atoms with Gasteiger partial charge in [0.2, 0.25) is 0 Å². The summed E-state index contributed by atoms with van der Waals surface area (Å²) in [6.07, 6.45) is 3.55. The van der Waals surface area contributed by atoms with E-state index in [9.17, 15) is 4.79 Å². The van der Waals surface area contributed by atoms with Crippen molar-refractivity contribution in [1.82, 2.24) is 10.2 Å². The Hall–Kier alpha value is -2.69. The van der Waals surface area contributed by atoms with E-state index in [-0.39, 0.29) is 11.4 Å². The highest BCUT2D eigenvalue weighted by Crippen LogP contribution is 2.43. The molecule has 0 radical (unpaired) electrons. The van der Waals surface area contributed by atoms with Gasteiger partial charge in [-0.25, -0.2) is 4.79 Å². The Kier molecular flexibility index (Phi) is 5.42. The first kappa shape index (κ1) is 18.7. The first-order valence-electron chi connectivity index (χ1n) is 10.2. The molecule has 1 saturated heterocycles. The van der Waals surface area contributed by atoms with Crippen LogP contribution in [0, 0.1) is 0 Å². The van der Waals surface area contributed by atoms with Crippen molar-refractivity contribution in [2.75, 3.05) is 44.7 Å². The van der Waals surface area contributed by atoms with Crippen LogP contribution < -0.4 is 15.0 Å². The topological polar surface area (TPSA) is 44.8 Å². The SMILES string of the molecule is COc1ccc(N2CCN(C(=O)NCC3(c4ccccc4)CCC3)CC2)cc1. The number of ether oxygens (including phenoxy) is 1. The molecule has 2 amide bonds. The van der Waals surface area contributed by atoms with Crippen molar-refractivity contribution in [3.63, 3.8) is 0 Å². The van der Waals surface area contributed by atoms with Crippen molar-refractivity contribution < 1.29 is 9.53 Å². The molecule has 1 heterocycles. The maximum absolute atomic E-state index is 12.7. The van der Waals surface area contributed by atoms with Crippen LogP contribution >= 0.6 is 0 Å². The highest BCUT2D eigenvalue weighted by atomic mass is 16.5. The highest BCUT2D eigenvalue weighted by molar-refractivity contribution is 5.74. The lowest BCUT2D eigenvalue weighted by Crippen LogP contribution is -2.54. The number of nitrogens with one attached hydrogen (secondary N) is 1. The van der Waals surface area contributed by atoms with Gasteiger partial charge in [0.1, 0.15) is 5.75 Å². The average molecular weight is 380 g/mol. The third kappa shape index (κ3) is 3.79. The zero-order chi connectivity index (χ0) is 19.4. The molecule has 1 saturated carbocycles. The van der Waals surface area contributed by atoms with Crippen LogP contribution in [0.4, 0.5) is 10.5 Å². The van der Waals surface area contributed by atoms with E-state index in [2.05, 4.69) is 52.7 Å². The van der Waals surface area contributed by atoms with E-state index in [1.165, 1.54) is 17.7 Å². The predicted octanol–water partition coefficient (Wildman–Crippen LogP) is 3.65. The van der Waals surface area contributed by atoms with E-state index in [4.69, 9.17) is 4.74 Å². The molecule has 1 N–H and O–H groups in total. The zero-order valence-corrected chi connectivity index (χ0v) is 16.6. The smallest absolute Gasteiger partial charge is 0.317 e. The Balaban J connectivity index is 1.29. The number of rotatable bonds is 5. The lowest BCUT2D eigenvalue weighted by Gasteiger charge is -2.43. The molecule has 0 unspecified atom stereocenters. The molecule has 0 atom stereocenters. The molecule has 0 bridgehead atoms. The van der Waals surface area contributed by atoms with E-state index in [1.54, 1.807) is 7.11 Å². The van der Waals surface area contributed by atoms with Gasteiger partial charge in [0.05, 0.1) is 7.11 Å². The summed E-state index contributed by atoms with van der Waals surface area (Å²) in [7, 11) is 1.68.